The first-order chi connectivity index (χ1) is 10.1. The normalized spacial score (nSPS) is 25.3. The van der Waals surface area contributed by atoms with Gasteiger partial charge in [-0.1, -0.05) is 0 Å². The van der Waals surface area contributed by atoms with Crippen LogP contribution < -0.4 is 11.2 Å². The lowest BCUT2D eigenvalue weighted by Gasteiger charge is -2.16. The lowest BCUT2D eigenvalue weighted by molar-refractivity contribution is -0.0315. The second-order valence-corrected chi connectivity index (χ2v) is 5.10. The van der Waals surface area contributed by atoms with Crippen LogP contribution in [0.1, 0.15) is 24.3 Å². The molecule has 3 rings (SSSR count). The Morgan fingerprint density at radius 1 is 1.52 bits per heavy atom. The molecule has 2 aromatic heterocycles. The maximum absolute atomic E-state index is 11.9. The van der Waals surface area contributed by atoms with Crippen LogP contribution in [0.5, 0.6) is 0 Å². The minimum Gasteiger partial charge on any atom is -0.394 e. The second kappa shape index (κ2) is 5.30. The molecule has 0 radical (unpaired) electrons. The van der Waals surface area contributed by atoms with Gasteiger partial charge in [-0.2, -0.15) is 0 Å². The van der Waals surface area contributed by atoms with Gasteiger partial charge in [-0.05, 0) is 6.92 Å². The van der Waals surface area contributed by atoms with Gasteiger partial charge < -0.3 is 14.4 Å². The maximum atomic E-state index is 11.9. The Balaban J connectivity index is 1.93. The minimum absolute atomic E-state index is 0.110. The van der Waals surface area contributed by atoms with E-state index in [0.717, 1.165) is 0 Å². The number of hydrogen-bond donors (Lipinski definition) is 2. The van der Waals surface area contributed by atoms with E-state index >= 15 is 0 Å². The van der Waals surface area contributed by atoms with Crippen molar-refractivity contribution in [2.45, 2.75) is 31.7 Å². The number of hydrogen-bond acceptors (Lipinski definition) is 5. The van der Waals surface area contributed by atoms with Crippen LogP contribution in [0, 0.1) is 6.92 Å². The molecule has 1 aliphatic heterocycles. The number of nitrogens with one attached hydrogen (secondary N) is 1. The Morgan fingerprint density at radius 3 is 3.00 bits per heavy atom. The fraction of sp³-hybridized carbons (Fsp3) is 0.462. The molecule has 3 heterocycles. The molecule has 0 unspecified atom stereocenters. The van der Waals surface area contributed by atoms with Crippen LogP contribution in [-0.4, -0.2) is 36.9 Å². The van der Waals surface area contributed by atoms with Crippen molar-refractivity contribution in [3.05, 3.63) is 51.3 Å². The topological polar surface area (TPSA) is 102 Å². The number of aliphatic hydroxyl groups is 1. The fourth-order valence-corrected chi connectivity index (χ4v) is 2.63. The average molecular weight is 292 g/mol. The molecule has 8 heteroatoms. The molecule has 0 saturated carbocycles. The van der Waals surface area contributed by atoms with Crippen molar-refractivity contribution in [3.8, 4) is 0 Å². The summed E-state index contributed by atoms with van der Waals surface area (Å²) in [5.41, 5.74) is -0.484. The number of aryl methyl sites for hydroxylation is 1. The summed E-state index contributed by atoms with van der Waals surface area (Å²) in [5.74, 6) is 0. The number of ether oxygens (including phenoxy) is 1. The number of nitrogens with zero attached hydrogens (tertiary/aromatic N) is 3. The third-order valence-corrected chi connectivity index (χ3v) is 3.75. The molecular weight excluding hydrogens is 276 g/mol. The van der Waals surface area contributed by atoms with Crippen molar-refractivity contribution < 1.29 is 9.84 Å². The largest absolute Gasteiger partial charge is 0.394 e. The summed E-state index contributed by atoms with van der Waals surface area (Å²) in [4.78, 5) is 29.6. The number of aromatic nitrogens is 4. The predicted molar refractivity (Wildman–Crippen MR) is 72.9 cm³/mol. The van der Waals surface area contributed by atoms with E-state index in [-0.39, 0.29) is 12.6 Å². The molecule has 21 heavy (non-hydrogen) atoms. The Labute approximate surface area is 119 Å². The first kappa shape index (κ1) is 13.8. The molecule has 1 aliphatic rings. The van der Waals surface area contributed by atoms with Crippen LogP contribution in [0.25, 0.3) is 0 Å². The molecule has 8 nitrogen and oxygen atoms in total. The van der Waals surface area contributed by atoms with Crippen LogP contribution in [-0.2, 0) is 4.74 Å². The van der Waals surface area contributed by atoms with E-state index in [4.69, 9.17) is 4.74 Å². The summed E-state index contributed by atoms with van der Waals surface area (Å²) < 4.78 is 8.96. The van der Waals surface area contributed by atoms with E-state index in [9.17, 15) is 14.7 Å². The number of rotatable bonds is 3. The van der Waals surface area contributed by atoms with E-state index in [1.54, 1.807) is 25.6 Å². The first-order valence-electron chi connectivity index (χ1n) is 6.66. The number of aliphatic hydroxyl groups excluding tert-OH is 1. The standard InChI is InChI=1S/C13H16N4O4/c1-8-5-17(13(20)15-12(8)19)11-4-9(10(6-18)21-11)16-3-2-14-7-16/h2-3,5,7,9-11,18H,4,6H2,1H3,(H,15,19,20)/t9-,10-,11-/m1/s1. The van der Waals surface area contributed by atoms with Gasteiger partial charge in [0.1, 0.15) is 12.3 Å². The van der Waals surface area contributed by atoms with Crippen LogP contribution in [0.15, 0.2) is 34.5 Å². The highest BCUT2D eigenvalue weighted by Gasteiger charge is 2.37. The number of H-pyrrole nitrogens is 1. The maximum Gasteiger partial charge on any atom is 0.330 e. The van der Waals surface area contributed by atoms with Crippen LogP contribution in [0.2, 0.25) is 0 Å². The van der Waals surface area contributed by atoms with E-state index in [1.807, 2.05) is 4.57 Å². The first-order valence-corrected chi connectivity index (χ1v) is 6.66. The third-order valence-electron chi connectivity index (χ3n) is 3.75. The molecule has 0 aliphatic carbocycles. The molecule has 3 atom stereocenters. The van der Waals surface area contributed by atoms with E-state index < -0.39 is 23.6 Å². The van der Waals surface area contributed by atoms with Gasteiger partial charge in [-0.25, -0.2) is 9.78 Å². The summed E-state index contributed by atoms with van der Waals surface area (Å²) in [6.45, 7) is 1.47. The van der Waals surface area contributed by atoms with Gasteiger partial charge in [-0.3, -0.25) is 14.3 Å². The van der Waals surface area contributed by atoms with Crippen molar-refractivity contribution in [1.82, 2.24) is 19.1 Å². The summed E-state index contributed by atoms with van der Waals surface area (Å²) in [6.07, 6.45) is 6.13. The molecule has 2 N–H and O–H groups in total. The van der Waals surface area contributed by atoms with Crippen LogP contribution in [0.3, 0.4) is 0 Å². The second-order valence-electron chi connectivity index (χ2n) is 5.10. The van der Waals surface area contributed by atoms with Gasteiger partial charge in [0.05, 0.1) is 19.0 Å². The molecule has 1 saturated heterocycles. The highest BCUT2D eigenvalue weighted by Crippen LogP contribution is 2.35. The molecule has 0 spiro atoms. The zero-order chi connectivity index (χ0) is 15.0. The van der Waals surface area contributed by atoms with Crippen LogP contribution >= 0.6 is 0 Å². The van der Waals surface area contributed by atoms with Crippen molar-refractivity contribution in [1.29, 1.82) is 0 Å². The lowest BCUT2D eigenvalue weighted by Crippen LogP contribution is -2.33. The molecule has 0 bridgehead atoms. The number of aromatic amines is 1. The Hall–Kier alpha value is -2.19. The summed E-state index contributed by atoms with van der Waals surface area (Å²) in [6, 6.07) is -0.110. The van der Waals surface area contributed by atoms with Gasteiger partial charge in [0.2, 0.25) is 0 Å². The van der Waals surface area contributed by atoms with Gasteiger partial charge in [0.15, 0.2) is 0 Å². The molecule has 1 fully saturated rings. The van der Waals surface area contributed by atoms with Gasteiger partial charge in [-0.15, -0.1) is 0 Å². The molecule has 2 aromatic rings. The van der Waals surface area contributed by atoms with Gasteiger partial charge in [0, 0.05) is 30.6 Å². The zero-order valence-electron chi connectivity index (χ0n) is 11.5. The van der Waals surface area contributed by atoms with Crippen molar-refractivity contribution in [2.24, 2.45) is 0 Å². The fourth-order valence-electron chi connectivity index (χ4n) is 2.63. The minimum atomic E-state index is -0.530. The Bertz CT molecular complexity index is 733. The highest BCUT2D eigenvalue weighted by atomic mass is 16.5. The monoisotopic (exact) mass is 292 g/mol. The summed E-state index contributed by atoms with van der Waals surface area (Å²) in [7, 11) is 0. The molecule has 112 valence electrons. The molecule has 0 amide bonds. The smallest absolute Gasteiger partial charge is 0.330 e. The highest BCUT2D eigenvalue weighted by molar-refractivity contribution is 5.02. The predicted octanol–water partition coefficient (Wildman–Crippen LogP) is -0.437. The van der Waals surface area contributed by atoms with E-state index in [0.29, 0.717) is 12.0 Å². The van der Waals surface area contributed by atoms with Gasteiger partial charge in [0.25, 0.3) is 5.56 Å². The Morgan fingerprint density at radius 2 is 2.33 bits per heavy atom. The Kier molecular flexibility index (Phi) is 3.48. The lowest BCUT2D eigenvalue weighted by atomic mass is 10.1. The van der Waals surface area contributed by atoms with Gasteiger partial charge >= 0.3 is 5.69 Å². The van der Waals surface area contributed by atoms with Crippen LogP contribution in [0.4, 0.5) is 0 Å². The average Bonchev–Trinajstić information content (AvgIpc) is 3.10. The number of imidazole rings is 1. The van der Waals surface area contributed by atoms with Crippen molar-refractivity contribution in [2.75, 3.05) is 6.61 Å². The SMILES string of the molecule is Cc1cn([C@H]2C[C@@H](n3ccnc3)[C@@H](CO)O2)c(=O)[nH]c1=O. The van der Waals surface area contributed by atoms with Crippen molar-refractivity contribution in [3.63, 3.8) is 0 Å². The van der Waals surface area contributed by atoms with E-state index in [1.165, 1.54) is 10.8 Å². The summed E-state index contributed by atoms with van der Waals surface area (Å²) >= 11 is 0. The van der Waals surface area contributed by atoms with Crippen molar-refractivity contribution >= 4 is 0 Å². The quantitative estimate of drug-likeness (QED) is 0.798. The molecular formula is C13H16N4O4. The third kappa shape index (κ3) is 2.43. The summed E-state index contributed by atoms with van der Waals surface area (Å²) in [5, 5.41) is 9.46. The van der Waals surface area contributed by atoms with E-state index in [2.05, 4.69) is 9.97 Å². The molecule has 0 aromatic carbocycles. The zero-order valence-corrected chi connectivity index (χ0v) is 11.5.